The van der Waals surface area contributed by atoms with E-state index in [2.05, 4.69) is 19.9 Å². The van der Waals surface area contributed by atoms with Gasteiger partial charge >= 0.3 is 0 Å². The molecule has 0 aliphatic heterocycles. The number of unbranched alkanes of at least 4 members (excludes halogenated alkanes) is 15. The van der Waals surface area contributed by atoms with Crippen LogP contribution in [0, 0.1) is 6.42 Å². The zero-order valence-corrected chi connectivity index (χ0v) is 13.5. The molecule has 0 aromatic rings. The molecule has 0 aliphatic carbocycles. The van der Waals surface area contributed by atoms with Gasteiger partial charge in [-0.1, -0.05) is 103 Å². The third kappa shape index (κ3) is 17.7. The summed E-state index contributed by atoms with van der Waals surface area (Å²) >= 11 is 0. The molecule has 0 aromatic heterocycles. The molecule has 0 saturated heterocycles. The zero-order valence-electron chi connectivity index (χ0n) is 13.5. The van der Waals surface area contributed by atoms with Gasteiger partial charge in [-0.25, -0.2) is 0 Å². The summed E-state index contributed by atoms with van der Waals surface area (Å²) in [5.74, 6) is 0. The summed E-state index contributed by atoms with van der Waals surface area (Å²) in [5.41, 5.74) is 0. The van der Waals surface area contributed by atoms with Gasteiger partial charge in [-0.15, -0.1) is 6.58 Å². The van der Waals surface area contributed by atoms with Gasteiger partial charge in [-0.3, -0.25) is 0 Å². The van der Waals surface area contributed by atoms with Crippen LogP contribution in [0.3, 0.4) is 0 Å². The third-order valence-corrected chi connectivity index (χ3v) is 3.89. The number of allylic oxidation sites excluding steroid dienone is 1. The Hall–Kier alpha value is -0.260. The normalized spacial score (nSPS) is 10.8. The minimum atomic E-state index is 1.22. The number of hydrogen-bond acceptors (Lipinski definition) is 0. The third-order valence-electron chi connectivity index (χ3n) is 3.89. The van der Waals surface area contributed by atoms with E-state index >= 15 is 0 Å². The molecule has 1 radical (unpaired) electrons. The van der Waals surface area contributed by atoms with Crippen LogP contribution in [0.5, 0.6) is 0 Å². The van der Waals surface area contributed by atoms with E-state index in [1.54, 1.807) is 0 Å². The maximum atomic E-state index is 3.71. The van der Waals surface area contributed by atoms with Crippen LogP contribution >= 0.6 is 0 Å². The molecule has 0 aromatic carbocycles. The molecule has 0 heteroatoms. The molecule has 0 nitrogen and oxygen atoms in total. The summed E-state index contributed by atoms with van der Waals surface area (Å²) in [5, 5.41) is 0. The van der Waals surface area contributed by atoms with Crippen molar-refractivity contribution in [3.8, 4) is 0 Å². The van der Waals surface area contributed by atoms with Crippen molar-refractivity contribution < 1.29 is 0 Å². The molecule has 0 aliphatic rings. The van der Waals surface area contributed by atoms with Gasteiger partial charge in [0.2, 0.25) is 0 Å². The predicted molar refractivity (Wildman–Crippen MR) is 89.4 cm³/mol. The Kier molecular flexibility index (Phi) is 17.5. The monoisotopic (exact) mass is 265 g/mol. The van der Waals surface area contributed by atoms with Crippen molar-refractivity contribution in [1.29, 1.82) is 0 Å². The van der Waals surface area contributed by atoms with Crippen molar-refractivity contribution >= 4 is 0 Å². The zero-order chi connectivity index (χ0) is 14.0. The standard InChI is InChI=1S/C19H37/c1-3-5-7-9-11-13-15-17-19-18-16-14-12-10-8-6-4-2/h3,5H,1,4,6-19H2,2H3. The van der Waals surface area contributed by atoms with E-state index in [9.17, 15) is 0 Å². The summed E-state index contributed by atoms with van der Waals surface area (Å²) in [6.07, 6.45) is 25.5. The molecule has 0 N–H and O–H groups in total. The first-order valence-electron chi connectivity index (χ1n) is 8.86. The van der Waals surface area contributed by atoms with Crippen molar-refractivity contribution in [1.82, 2.24) is 0 Å². The maximum Gasteiger partial charge on any atom is -0.0173 e. The lowest BCUT2D eigenvalue weighted by Gasteiger charge is -2.03. The second-order valence-electron chi connectivity index (χ2n) is 5.86. The highest BCUT2D eigenvalue weighted by Gasteiger charge is 1.93. The van der Waals surface area contributed by atoms with Crippen LogP contribution in [0.2, 0.25) is 0 Å². The molecule has 113 valence electrons. The van der Waals surface area contributed by atoms with Crippen LogP contribution in [0.15, 0.2) is 12.7 Å². The second-order valence-corrected chi connectivity index (χ2v) is 5.86. The van der Waals surface area contributed by atoms with E-state index in [1.807, 2.05) is 6.08 Å². The van der Waals surface area contributed by atoms with Gasteiger partial charge in [0.25, 0.3) is 0 Å². The highest BCUT2D eigenvalue weighted by molar-refractivity contribution is 4.85. The topological polar surface area (TPSA) is 0 Å². The number of rotatable bonds is 16. The van der Waals surface area contributed by atoms with Crippen LogP contribution in [-0.2, 0) is 0 Å². The van der Waals surface area contributed by atoms with Gasteiger partial charge in [0.15, 0.2) is 0 Å². The van der Waals surface area contributed by atoms with Crippen LogP contribution < -0.4 is 0 Å². The Labute approximate surface area is 123 Å². The lowest BCUT2D eigenvalue weighted by atomic mass is 10.0. The van der Waals surface area contributed by atoms with Gasteiger partial charge in [0.05, 0.1) is 0 Å². The van der Waals surface area contributed by atoms with Gasteiger partial charge in [-0.05, 0) is 12.8 Å². The molecule has 0 spiro atoms. The fraction of sp³-hybridized carbons (Fsp3) is 0.842. The first-order valence-corrected chi connectivity index (χ1v) is 8.86. The lowest BCUT2D eigenvalue weighted by Crippen LogP contribution is -1.83. The van der Waals surface area contributed by atoms with E-state index in [-0.39, 0.29) is 0 Å². The molecule has 0 bridgehead atoms. The molecular weight excluding hydrogens is 228 g/mol. The van der Waals surface area contributed by atoms with Gasteiger partial charge in [0, 0.05) is 0 Å². The quantitative estimate of drug-likeness (QED) is 0.258. The molecule has 0 rings (SSSR count). The summed E-state index contributed by atoms with van der Waals surface area (Å²) in [4.78, 5) is 0. The average molecular weight is 266 g/mol. The van der Waals surface area contributed by atoms with Crippen LogP contribution in [-0.4, -0.2) is 0 Å². The SMILES string of the molecule is C=C[CH]CCCCCCCCCCCCCCCC. The minimum Gasteiger partial charge on any atom is -0.103 e. The molecule has 0 fully saturated rings. The summed E-state index contributed by atoms with van der Waals surface area (Å²) in [6, 6.07) is 0. The smallest absolute Gasteiger partial charge is 0.0173 e. The Morgan fingerprint density at radius 3 is 1.32 bits per heavy atom. The molecule has 0 heterocycles. The van der Waals surface area contributed by atoms with Gasteiger partial charge in [0.1, 0.15) is 0 Å². The van der Waals surface area contributed by atoms with Crippen LogP contribution in [0.25, 0.3) is 0 Å². The van der Waals surface area contributed by atoms with E-state index in [1.165, 1.54) is 96.3 Å². The Balaban J connectivity index is 2.89. The van der Waals surface area contributed by atoms with Crippen molar-refractivity contribution in [2.24, 2.45) is 0 Å². The fourth-order valence-electron chi connectivity index (χ4n) is 2.57. The van der Waals surface area contributed by atoms with E-state index in [4.69, 9.17) is 0 Å². The lowest BCUT2D eigenvalue weighted by molar-refractivity contribution is 0.535. The van der Waals surface area contributed by atoms with Crippen molar-refractivity contribution in [2.75, 3.05) is 0 Å². The summed E-state index contributed by atoms with van der Waals surface area (Å²) in [7, 11) is 0. The number of hydrogen-bond donors (Lipinski definition) is 0. The highest BCUT2D eigenvalue weighted by atomic mass is 14.0. The first kappa shape index (κ1) is 18.7. The van der Waals surface area contributed by atoms with Crippen molar-refractivity contribution in [3.63, 3.8) is 0 Å². The molecule has 0 amide bonds. The Morgan fingerprint density at radius 1 is 0.579 bits per heavy atom. The Bertz CT molecular complexity index is 159. The van der Waals surface area contributed by atoms with Gasteiger partial charge in [-0.2, -0.15) is 0 Å². The molecule has 0 saturated carbocycles. The molecule has 0 unspecified atom stereocenters. The van der Waals surface area contributed by atoms with E-state index in [0.717, 1.165) is 0 Å². The average Bonchev–Trinajstić information content (AvgIpc) is 2.43. The highest BCUT2D eigenvalue weighted by Crippen LogP contribution is 2.13. The maximum absolute atomic E-state index is 3.71. The summed E-state index contributed by atoms with van der Waals surface area (Å²) in [6.45, 7) is 6.00. The first-order chi connectivity index (χ1) is 9.41. The second kappa shape index (κ2) is 17.7. The van der Waals surface area contributed by atoms with Gasteiger partial charge < -0.3 is 0 Å². The molecular formula is C19H37. The Morgan fingerprint density at radius 2 is 0.947 bits per heavy atom. The van der Waals surface area contributed by atoms with Crippen molar-refractivity contribution in [3.05, 3.63) is 19.1 Å². The van der Waals surface area contributed by atoms with E-state index in [0.29, 0.717) is 0 Å². The molecule has 19 heavy (non-hydrogen) atoms. The fourth-order valence-corrected chi connectivity index (χ4v) is 2.57. The van der Waals surface area contributed by atoms with E-state index < -0.39 is 0 Å². The largest absolute Gasteiger partial charge is 0.103 e. The predicted octanol–water partition coefficient (Wildman–Crippen LogP) is 7.25. The minimum absolute atomic E-state index is 1.22. The van der Waals surface area contributed by atoms with Crippen LogP contribution in [0.1, 0.15) is 103 Å². The van der Waals surface area contributed by atoms with Crippen LogP contribution in [0.4, 0.5) is 0 Å². The molecule has 0 atom stereocenters. The van der Waals surface area contributed by atoms with Crippen molar-refractivity contribution in [2.45, 2.75) is 103 Å². The summed E-state index contributed by atoms with van der Waals surface area (Å²) < 4.78 is 0.